The zero-order valence-corrected chi connectivity index (χ0v) is 14.4. The molecule has 0 saturated carbocycles. The van der Waals surface area contributed by atoms with Gasteiger partial charge in [-0.25, -0.2) is 5.43 Å². The highest BCUT2D eigenvalue weighted by Crippen LogP contribution is 2.15. The first-order valence-electron chi connectivity index (χ1n) is 7.61. The molecule has 2 N–H and O–H groups in total. The molecule has 0 atom stereocenters. The van der Waals surface area contributed by atoms with Gasteiger partial charge in [0.05, 0.1) is 19.4 Å². The lowest BCUT2D eigenvalue weighted by Gasteiger charge is -2.08. The maximum Gasteiger partial charge on any atom is 0.259 e. The Morgan fingerprint density at radius 3 is 2.58 bits per heavy atom. The summed E-state index contributed by atoms with van der Waals surface area (Å²) in [6.07, 6.45) is 0.687. The molecule has 0 bridgehead atoms. The molecule has 5 nitrogen and oxygen atoms in total. The summed E-state index contributed by atoms with van der Waals surface area (Å²) in [4.78, 5) is 11.9. The van der Waals surface area contributed by atoms with Crippen molar-refractivity contribution < 1.29 is 9.53 Å². The Morgan fingerprint density at radius 2 is 1.96 bits per heavy atom. The van der Waals surface area contributed by atoms with Crippen LogP contribution in [0.3, 0.4) is 0 Å². The summed E-state index contributed by atoms with van der Waals surface area (Å²) in [5, 5.41) is 7.86. The fourth-order valence-electron chi connectivity index (χ4n) is 2.08. The number of anilines is 1. The van der Waals surface area contributed by atoms with Gasteiger partial charge in [-0.05, 0) is 48.4 Å². The zero-order valence-electron chi connectivity index (χ0n) is 13.7. The van der Waals surface area contributed by atoms with Crippen LogP contribution in [0.25, 0.3) is 0 Å². The van der Waals surface area contributed by atoms with E-state index in [1.54, 1.807) is 13.2 Å². The van der Waals surface area contributed by atoms with Gasteiger partial charge in [0, 0.05) is 10.7 Å². The second-order valence-corrected chi connectivity index (χ2v) is 5.48. The molecule has 0 heterocycles. The summed E-state index contributed by atoms with van der Waals surface area (Å²) >= 11 is 5.99. The number of amides is 1. The van der Waals surface area contributed by atoms with E-state index in [2.05, 4.69) is 15.8 Å². The fourth-order valence-corrected chi connectivity index (χ4v) is 2.27. The van der Waals surface area contributed by atoms with Crippen molar-refractivity contribution in [2.24, 2.45) is 5.10 Å². The number of halogens is 1. The van der Waals surface area contributed by atoms with Gasteiger partial charge in [0.2, 0.25) is 0 Å². The Hall–Kier alpha value is -2.53. The number of ether oxygens (including phenoxy) is 1. The van der Waals surface area contributed by atoms with Crippen LogP contribution >= 0.6 is 11.6 Å². The molecule has 0 aromatic heterocycles. The molecular formula is C18H20ClN3O2. The number of benzene rings is 2. The maximum atomic E-state index is 11.9. The van der Waals surface area contributed by atoms with Crippen LogP contribution in [0.2, 0.25) is 5.02 Å². The molecule has 1 amide bonds. The highest BCUT2D eigenvalue weighted by molar-refractivity contribution is 6.31. The number of hydrogen-bond acceptors (Lipinski definition) is 4. The molecule has 0 radical (unpaired) electrons. The lowest BCUT2D eigenvalue weighted by atomic mass is 10.1. The number of rotatable bonds is 7. The van der Waals surface area contributed by atoms with Gasteiger partial charge in [-0.1, -0.05) is 30.7 Å². The number of hydrogen-bond donors (Lipinski definition) is 2. The summed E-state index contributed by atoms with van der Waals surface area (Å²) in [5.74, 6) is 0.544. The standard InChI is InChI=1S/C18H20ClN3O2/c1-3-17(13-5-4-6-14(19)11-13)21-22-18(23)12-20-15-7-9-16(24-2)10-8-15/h4-11,20H,3,12H2,1-2H3,(H,22,23)/b21-17+. The Balaban J connectivity index is 1.90. The van der Waals surface area contributed by atoms with E-state index < -0.39 is 0 Å². The smallest absolute Gasteiger partial charge is 0.259 e. The topological polar surface area (TPSA) is 62.7 Å². The van der Waals surface area contributed by atoms with Gasteiger partial charge in [0.1, 0.15) is 5.75 Å². The molecule has 0 fully saturated rings. The van der Waals surface area contributed by atoms with Crippen LogP contribution in [0.4, 0.5) is 5.69 Å². The van der Waals surface area contributed by atoms with Crippen LogP contribution in [-0.4, -0.2) is 25.3 Å². The molecule has 126 valence electrons. The van der Waals surface area contributed by atoms with Crippen LogP contribution in [0, 0.1) is 0 Å². The number of hydrazone groups is 1. The minimum absolute atomic E-state index is 0.127. The number of carbonyl (C=O) groups excluding carboxylic acids is 1. The van der Waals surface area contributed by atoms with E-state index in [4.69, 9.17) is 16.3 Å². The highest BCUT2D eigenvalue weighted by Gasteiger charge is 2.04. The van der Waals surface area contributed by atoms with Crippen LogP contribution in [0.5, 0.6) is 5.75 Å². The van der Waals surface area contributed by atoms with Crippen molar-refractivity contribution in [3.63, 3.8) is 0 Å². The van der Waals surface area contributed by atoms with Gasteiger partial charge in [0.15, 0.2) is 0 Å². The maximum absolute atomic E-state index is 11.9. The van der Waals surface area contributed by atoms with E-state index in [-0.39, 0.29) is 12.5 Å². The van der Waals surface area contributed by atoms with Crippen molar-refractivity contribution in [2.45, 2.75) is 13.3 Å². The first-order valence-corrected chi connectivity index (χ1v) is 7.99. The highest BCUT2D eigenvalue weighted by atomic mass is 35.5. The molecular weight excluding hydrogens is 326 g/mol. The molecule has 0 spiro atoms. The lowest BCUT2D eigenvalue weighted by molar-refractivity contribution is -0.119. The van der Waals surface area contributed by atoms with Gasteiger partial charge in [-0.3, -0.25) is 4.79 Å². The van der Waals surface area contributed by atoms with Gasteiger partial charge in [0.25, 0.3) is 5.91 Å². The fraction of sp³-hybridized carbons (Fsp3) is 0.222. The largest absolute Gasteiger partial charge is 0.497 e. The Labute approximate surface area is 146 Å². The second-order valence-electron chi connectivity index (χ2n) is 5.04. The Kier molecular flexibility index (Phi) is 6.63. The summed E-state index contributed by atoms with van der Waals surface area (Å²) < 4.78 is 5.09. The van der Waals surface area contributed by atoms with Crippen molar-refractivity contribution >= 4 is 28.9 Å². The first kappa shape index (κ1) is 17.8. The average Bonchev–Trinajstić information content (AvgIpc) is 2.61. The second kappa shape index (κ2) is 8.93. The Morgan fingerprint density at radius 1 is 1.21 bits per heavy atom. The van der Waals surface area contributed by atoms with E-state index in [9.17, 15) is 4.79 Å². The van der Waals surface area contributed by atoms with Crippen molar-refractivity contribution in [1.29, 1.82) is 0 Å². The van der Waals surface area contributed by atoms with E-state index in [0.29, 0.717) is 11.4 Å². The molecule has 0 aliphatic heterocycles. The molecule has 0 saturated heterocycles. The monoisotopic (exact) mass is 345 g/mol. The van der Waals surface area contributed by atoms with E-state index in [1.807, 2.05) is 49.4 Å². The summed E-state index contributed by atoms with van der Waals surface area (Å²) in [5.41, 5.74) is 5.07. The zero-order chi connectivity index (χ0) is 17.4. The van der Waals surface area contributed by atoms with E-state index >= 15 is 0 Å². The Bertz CT molecular complexity index is 714. The first-order chi connectivity index (χ1) is 11.6. The van der Waals surface area contributed by atoms with Crippen LogP contribution in [0.1, 0.15) is 18.9 Å². The molecule has 24 heavy (non-hydrogen) atoms. The molecule has 0 aliphatic rings. The predicted octanol–water partition coefficient (Wildman–Crippen LogP) is 3.69. The summed E-state index contributed by atoms with van der Waals surface area (Å²) in [7, 11) is 1.61. The third-order valence-electron chi connectivity index (χ3n) is 3.35. The predicted molar refractivity (Wildman–Crippen MR) is 97.9 cm³/mol. The molecule has 0 aliphatic carbocycles. The molecule has 0 unspecified atom stereocenters. The van der Waals surface area contributed by atoms with E-state index in [0.717, 1.165) is 22.7 Å². The lowest BCUT2D eigenvalue weighted by Crippen LogP contribution is -2.27. The third-order valence-corrected chi connectivity index (χ3v) is 3.59. The SMILES string of the molecule is CC/C(=N\NC(=O)CNc1ccc(OC)cc1)c1cccc(Cl)c1. The van der Waals surface area contributed by atoms with Gasteiger partial charge < -0.3 is 10.1 Å². The third kappa shape index (κ3) is 5.28. The molecule has 6 heteroatoms. The van der Waals surface area contributed by atoms with Gasteiger partial charge >= 0.3 is 0 Å². The molecule has 2 rings (SSSR count). The van der Waals surface area contributed by atoms with E-state index in [1.165, 1.54) is 0 Å². The average molecular weight is 346 g/mol. The van der Waals surface area contributed by atoms with Crippen LogP contribution in [0.15, 0.2) is 53.6 Å². The van der Waals surface area contributed by atoms with Gasteiger partial charge in [-0.2, -0.15) is 5.10 Å². The normalized spacial score (nSPS) is 11.0. The molecule has 2 aromatic rings. The van der Waals surface area contributed by atoms with Crippen molar-refractivity contribution in [2.75, 3.05) is 19.0 Å². The van der Waals surface area contributed by atoms with Crippen molar-refractivity contribution in [3.05, 3.63) is 59.1 Å². The quantitative estimate of drug-likeness (QED) is 0.594. The number of carbonyl (C=O) groups is 1. The van der Waals surface area contributed by atoms with Crippen LogP contribution < -0.4 is 15.5 Å². The minimum atomic E-state index is -0.223. The minimum Gasteiger partial charge on any atom is -0.497 e. The number of nitrogens with one attached hydrogen (secondary N) is 2. The van der Waals surface area contributed by atoms with Crippen LogP contribution in [-0.2, 0) is 4.79 Å². The van der Waals surface area contributed by atoms with Crippen molar-refractivity contribution in [1.82, 2.24) is 5.43 Å². The summed E-state index contributed by atoms with van der Waals surface area (Å²) in [6, 6.07) is 14.7. The summed E-state index contributed by atoms with van der Waals surface area (Å²) in [6.45, 7) is 2.10. The van der Waals surface area contributed by atoms with Crippen molar-refractivity contribution in [3.8, 4) is 5.75 Å². The number of methoxy groups -OCH3 is 1. The molecule has 2 aromatic carbocycles. The van der Waals surface area contributed by atoms with Gasteiger partial charge in [-0.15, -0.1) is 0 Å². The number of nitrogens with zero attached hydrogens (tertiary/aromatic N) is 1.